The van der Waals surface area contributed by atoms with E-state index in [2.05, 4.69) is 41.3 Å². The molecule has 18 heavy (non-hydrogen) atoms. The smallest absolute Gasteiger partial charge is 0.0252 e. The third-order valence-corrected chi connectivity index (χ3v) is 3.70. The van der Waals surface area contributed by atoms with Crippen molar-refractivity contribution < 1.29 is 0 Å². The number of hydrogen-bond donors (Lipinski definition) is 1. The number of benzene rings is 1. The number of nitrogens with two attached hydrogens (primary N) is 1. The van der Waals surface area contributed by atoms with Crippen molar-refractivity contribution in [2.24, 2.45) is 5.73 Å². The van der Waals surface area contributed by atoms with Crippen molar-refractivity contribution in [2.75, 3.05) is 19.6 Å². The third-order valence-electron chi connectivity index (χ3n) is 3.70. The lowest BCUT2D eigenvalue weighted by Crippen LogP contribution is -2.43. The molecule has 98 valence electrons. The lowest BCUT2D eigenvalue weighted by molar-refractivity contribution is 0.168. The maximum absolute atomic E-state index is 5.91. The van der Waals surface area contributed by atoms with Crippen LogP contribution in [0.15, 0.2) is 36.4 Å². The van der Waals surface area contributed by atoms with E-state index in [4.69, 9.17) is 5.73 Å². The van der Waals surface area contributed by atoms with E-state index < -0.39 is 0 Å². The number of nitrogens with zero attached hydrogens (tertiary/aromatic N) is 1. The monoisotopic (exact) mass is 244 g/mol. The number of piperidine rings is 1. The molecule has 1 atom stereocenters. The number of rotatable bonds is 5. The highest BCUT2D eigenvalue weighted by Crippen LogP contribution is 2.14. The summed E-state index contributed by atoms with van der Waals surface area (Å²) in [5.74, 6) is 0. The average Bonchev–Trinajstić information content (AvgIpc) is 2.46. The normalized spacial score (nSPS) is 19.2. The molecule has 1 unspecified atom stereocenters. The summed E-state index contributed by atoms with van der Waals surface area (Å²) in [4.78, 5) is 2.55. The molecule has 2 nitrogen and oxygen atoms in total. The molecular weight excluding hydrogens is 220 g/mol. The van der Waals surface area contributed by atoms with E-state index in [1.165, 1.54) is 37.9 Å². The zero-order chi connectivity index (χ0) is 12.6. The third kappa shape index (κ3) is 3.97. The van der Waals surface area contributed by atoms with Crippen molar-refractivity contribution in [3.8, 4) is 0 Å². The minimum Gasteiger partial charge on any atom is -0.329 e. The van der Waals surface area contributed by atoms with Crippen LogP contribution in [0.4, 0.5) is 0 Å². The van der Waals surface area contributed by atoms with Crippen molar-refractivity contribution >= 4 is 6.08 Å². The van der Waals surface area contributed by atoms with Crippen molar-refractivity contribution in [3.05, 3.63) is 42.0 Å². The highest BCUT2D eigenvalue weighted by molar-refractivity contribution is 5.48. The Morgan fingerprint density at radius 2 is 1.83 bits per heavy atom. The van der Waals surface area contributed by atoms with Crippen molar-refractivity contribution in [2.45, 2.75) is 31.7 Å². The molecule has 1 heterocycles. The first-order valence-corrected chi connectivity index (χ1v) is 7.06. The Kier molecular flexibility index (Phi) is 5.43. The van der Waals surface area contributed by atoms with Gasteiger partial charge in [0.05, 0.1) is 0 Å². The fraction of sp³-hybridized carbons (Fsp3) is 0.500. The molecule has 0 aromatic heterocycles. The van der Waals surface area contributed by atoms with E-state index in [0.717, 1.165) is 13.0 Å². The molecule has 1 aromatic carbocycles. The maximum atomic E-state index is 5.91. The Labute approximate surface area is 110 Å². The SMILES string of the molecule is NCC(C/C=C\c1ccccc1)N1CCCCC1. The van der Waals surface area contributed by atoms with Gasteiger partial charge >= 0.3 is 0 Å². The maximum Gasteiger partial charge on any atom is 0.0252 e. The molecule has 2 N–H and O–H groups in total. The second kappa shape index (κ2) is 7.34. The van der Waals surface area contributed by atoms with E-state index in [-0.39, 0.29) is 0 Å². The van der Waals surface area contributed by atoms with Crippen LogP contribution in [0.1, 0.15) is 31.2 Å². The van der Waals surface area contributed by atoms with Gasteiger partial charge in [-0.25, -0.2) is 0 Å². The van der Waals surface area contributed by atoms with Crippen LogP contribution in [-0.4, -0.2) is 30.6 Å². The first-order valence-electron chi connectivity index (χ1n) is 7.06. The van der Waals surface area contributed by atoms with Gasteiger partial charge in [-0.05, 0) is 37.9 Å². The predicted octanol–water partition coefficient (Wildman–Crippen LogP) is 2.90. The number of hydrogen-bond acceptors (Lipinski definition) is 2. The van der Waals surface area contributed by atoms with Gasteiger partial charge in [-0.3, -0.25) is 4.90 Å². The molecule has 1 aliphatic rings. The van der Waals surface area contributed by atoms with E-state index in [0.29, 0.717) is 6.04 Å². The Morgan fingerprint density at radius 1 is 1.11 bits per heavy atom. The molecule has 1 fully saturated rings. The van der Waals surface area contributed by atoms with Gasteiger partial charge in [0.25, 0.3) is 0 Å². The lowest BCUT2D eigenvalue weighted by atomic mass is 10.1. The molecule has 1 aromatic rings. The molecule has 2 rings (SSSR count). The zero-order valence-corrected chi connectivity index (χ0v) is 11.1. The van der Waals surface area contributed by atoms with Crippen LogP contribution in [0.2, 0.25) is 0 Å². The van der Waals surface area contributed by atoms with Gasteiger partial charge in [0.15, 0.2) is 0 Å². The first kappa shape index (κ1) is 13.3. The summed E-state index contributed by atoms with van der Waals surface area (Å²) in [5, 5.41) is 0. The molecule has 0 radical (unpaired) electrons. The van der Waals surface area contributed by atoms with E-state index in [1.54, 1.807) is 0 Å². The van der Waals surface area contributed by atoms with E-state index in [1.807, 2.05) is 6.07 Å². The van der Waals surface area contributed by atoms with Crippen molar-refractivity contribution in [3.63, 3.8) is 0 Å². The van der Waals surface area contributed by atoms with Gasteiger partial charge in [-0.15, -0.1) is 0 Å². The molecule has 0 bridgehead atoms. The Balaban J connectivity index is 1.84. The molecule has 1 aliphatic heterocycles. The van der Waals surface area contributed by atoms with Gasteiger partial charge in [0, 0.05) is 12.6 Å². The summed E-state index contributed by atoms with van der Waals surface area (Å²) in [5.41, 5.74) is 7.18. The van der Waals surface area contributed by atoms with Crippen LogP contribution >= 0.6 is 0 Å². The Morgan fingerprint density at radius 3 is 2.50 bits per heavy atom. The second-order valence-electron chi connectivity index (χ2n) is 5.03. The summed E-state index contributed by atoms with van der Waals surface area (Å²) in [6, 6.07) is 11.0. The highest BCUT2D eigenvalue weighted by atomic mass is 15.2. The standard InChI is InChI=1S/C16H24N2/c17-14-16(18-12-5-2-6-13-18)11-7-10-15-8-3-1-4-9-15/h1,3-4,7-10,16H,2,5-6,11-14,17H2/b10-7-. The van der Waals surface area contributed by atoms with Crippen LogP contribution in [0, 0.1) is 0 Å². The second-order valence-corrected chi connectivity index (χ2v) is 5.03. The van der Waals surface area contributed by atoms with Crippen LogP contribution in [-0.2, 0) is 0 Å². The fourth-order valence-corrected chi connectivity index (χ4v) is 2.60. The summed E-state index contributed by atoms with van der Waals surface area (Å²) in [6.45, 7) is 3.21. The zero-order valence-electron chi connectivity index (χ0n) is 11.1. The van der Waals surface area contributed by atoms with E-state index in [9.17, 15) is 0 Å². The Hall–Kier alpha value is -1.12. The molecular formula is C16H24N2. The minimum absolute atomic E-state index is 0.519. The summed E-state index contributed by atoms with van der Waals surface area (Å²) >= 11 is 0. The van der Waals surface area contributed by atoms with Crippen molar-refractivity contribution in [1.82, 2.24) is 4.90 Å². The molecule has 0 saturated carbocycles. The molecule has 1 saturated heterocycles. The average molecular weight is 244 g/mol. The van der Waals surface area contributed by atoms with Crippen LogP contribution in [0.25, 0.3) is 6.08 Å². The predicted molar refractivity (Wildman–Crippen MR) is 78.4 cm³/mol. The summed E-state index contributed by atoms with van der Waals surface area (Å²) in [6.07, 6.45) is 9.57. The molecule has 0 amide bonds. The quantitative estimate of drug-likeness (QED) is 0.863. The van der Waals surface area contributed by atoms with E-state index >= 15 is 0 Å². The van der Waals surface area contributed by atoms with Gasteiger partial charge < -0.3 is 5.73 Å². The summed E-state index contributed by atoms with van der Waals surface area (Å²) < 4.78 is 0. The first-order chi connectivity index (χ1) is 8.90. The lowest BCUT2D eigenvalue weighted by Gasteiger charge is -2.33. The van der Waals surface area contributed by atoms with Gasteiger partial charge in [0.1, 0.15) is 0 Å². The van der Waals surface area contributed by atoms with Crippen LogP contribution < -0.4 is 5.73 Å². The van der Waals surface area contributed by atoms with Gasteiger partial charge in [-0.1, -0.05) is 48.9 Å². The highest BCUT2D eigenvalue weighted by Gasteiger charge is 2.17. The number of likely N-dealkylation sites (tertiary alicyclic amines) is 1. The molecule has 0 aliphatic carbocycles. The van der Waals surface area contributed by atoms with Gasteiger partial charge in [-0.2, -0.15) is 0 Å². The minimum atomic E-state index is 0.519. The largest absolute Gasteiger partial charge is 0.329 e. The molecule has 2 heteroatoms. The fourth-order valence-electron chi connectivity index (χ4n) is 2.60. The van der Waals surface area contributed by atoms with Crippen LogP contribution in [0.5, 0.6) is 0 Å². The summed E-state index contributed by atoms with van der Waals surface area (Å²) in [7, 11) is 0. The van der Waals surface area contributed by atoms with Crippen LogP contribution in [0.3, 0.4) is 0 Å². The topological polar surface area (TPSA) is 29.3 Å². The van der Waals surface area contributed by atoms with Crippen molar-refractivity contribution in [1.29, 1.82) is 0 Å². The molecule has 0 spiro atoms. The Bertz CT molecular complexity index is 353. The van der Waals surface area contributed by atoms with Gasteiger partial charge in [0.2, 0.25) is 0 Å².